The molecule has 0 aromatic rings. The number of carboxylic acids is 2. The molecule has 4 rings (SSSR count). The zero-order valence-electron chi connectivity index (χ0n) is 35.3. The second-order valence-electron chi connectivity index (χ2n) is 14.2. The maximum atomic E-state index is 13.1. The molecular formula is C31H42N2O34S3-6. The highest BCUT2D eigenvalue weighted by atomic mass is 32.2. The third-order valence-electron chi connectivity index (χ3n) is 9.95. The Morgan fingerprint density at radius 1 is 0.571 bits per heavy atom. The molecule has 20 atom stereocenters. The van der Waals surface area contributed by atoms with Crippen LogP contribution in [0.4, 0.5) is 0 Å². The topological polar surface area (TPSA) is 507 Å². The summed E-state index contributed by atoms with van der Waals surface area (Å²) < 4.78 is 74.3. The van der Waals surface area contributed by atoms with Crippen molar-refractivity contribution < 1.29 is 164 Å². The van der Waals surface area contributed by atoms with Crippen LogP contribution in [0, 0.1) is 0 Å². The summed E-state index contributed by atoms with van der Waals surface area (Å²) in [6.07, 6.45) is -37.5. The van der Waals surface area contributed by atoms with E-state index >= 15 is 0 Å². The lowest BCUT2D eigenvalue weighted by Gasteiger charge is -2.51. The van der Waals surface area contributed by atoms with E-state index < -0.39 is 160 Å². The van der Waals surface area contributed by atoms with Crippen LogP contribution < -0.4 is 41.9 Å². The van der Waals surface area contributed by atoms with Gasteiger partial charge in [-0.25, -0.2) is 4.89 Å². The van der Waals surface area contributed by atoms with E-state index in [-0.39, 0.29) is 43.6 Å². The molecule has 4 heterocycles. The van der Waals surface area contributed by atoms with Gasteiger partial charge in [0.25, 0.3) is 0 Å². The summed E-state index contributed by atoms with van der Waals surface area (Å²) >= 11 is -0.984. The summed E-state index contributed by atoms with van der Waals surface area (Å²) in [6.45, 7) is 3.07. The lowest BCUT2D eigenvalue weighted by atomic mass is 9.94. The number of nitrogens with one attached hydrogen (secondary N) is 2. The molecule has 8 unspecified atom stereocenters. The van der Waals surface area contributed by atoms with Crippen molar-refractivity contribution in [3.05, 3.63) is 12.7 Å². The van der Waals surface area contributed by atoms with Gasteiger partial charge in [-0.05, 0) is 0 Å². The van der Waals surface area contributed by atoms with Crippen LogP contribution >= 0.6 is 37.0 Å². The van der Waals surface area contributed by atoms with Crippen LogP contribution in [0.2, 0.25) is 0 Å². The zero-order valence-corrected chi connectivity index (χ0v) is 37.7. The molecule has 36 nitrogen and oxygen atoms in total. The van der Waals surface area contributed by atoms with Crippen molar-refractivity contribution in [2.75, 3.05) is 19.8 Å². The summed E-state index contributed by atoms with van der Waals surface area (Å²) in [5.41, 5.74) is 0. The molecule has 0 aliphatic carbocycles. The highest BCUT2D eigenvalue weighted by molar-refractivity contribution is 7.90. The van der Waals surface area contributed by atoms with Gasteiger partial charge in [-0.15, -0.1) is 19.6 Å². The van der Waals surface area contributed by atoms with E-state index in [1.807, 2.05) is 0 Å². The van der Waals surface area contributed by atoms with E-state index in [0.717, 1.165) is 13.8 Å². The second-order valence-corrected chi connectivity index (χ2v) is 15.6. The van der Waals surface area contributed by atoms with Gasteiger partial charge in [0, 0.05) is 13.8 Å². The minimum atomic E-state index is -2.58. The number of rotatable bonds is 29. The first-order valence-corrected chi connectivity index (χ1v) is 21.4. The highest BCUT2D eigenvalue weighted by Gasteiger charge is 2.59. The second kappa shape index (κ2) is 30.0. The first kappa shape index (κ1) is 60.1. The van der Waals surface area contributed by atoms with Crippen LogP contribution in [-0.4, -0.2) is 192 Å². The number of aliphatic hydroxyl groups excluding tert-OH is 5. The average Bonchev–Trinajstić information content (AvgIpc) is 3.31. The zero-order chi connectivity index (χ0) is 51.7. The SMILES string of the molecule is C=CCO[C@@H]1OC(CO)[C@H](O)[C@H](O[C@@H]2OC(C(=O)[O-])[C@@H](O[C@@H]3OC(CO)[C@H](O)[C@H](O[C@@H]4OC(C(=O)[O-])[C@@H](O)[C@H](OO[O-])C4OSOO[O-])C3NC(C)=O)[C@H](OSOO[O-])C2OSOO[O-])C1NC(C)=O. The number of carboxylic acid groups (broad SMARTS) is 2. The van der Waals surface area contributed by atoms with E-state index in [1.165, 1.54) is 6.08 Å². The van der Waals surface area contributed by atoms with Gasteiger partial charge in [-0.3, -0.25) is 42.3 Å². The summed E-state index contributed by atoms with van der Waals surface area (Å²) in [4.78, 5) is 54.7. The molecule has 0 saturated carbocycles. The van der Waals surface area contributed by atoms with Crippen LogP contribution in [0.5, 0.6) is 0 Å². The van der Waals surface area contributed by atoms with Crippen LogP contribution in [0.1, 0.15) is 13.8 Å². The monoisotopic (exact) mass is 1080 g/mol. The van der Waals surface area contributed by atoms with Crippen molar-refractivity contribution in [2.45, 2.75) is 137 Å². The Hall–Kier alpha value is -2.45. The molecule has 0 radical (unpaired) electrons. The molecule has 4 saturated heterocycles. The fourth-order valence-corrected chi connectivity index (χ4v) is 8.25. The predicted molar refractivity (Wildman–Crippen MR) is 193 cm³/mol. The third kappa shape index (κ3) is 15.8. The first-order valence-electron chi connectivity index (χ1n) is 19.4. The smallest absolute Gasteiger partial charge is 0.217 e. The fourth-order valence-electron chi connectivity index (χ4n) is 7.20. The van der Waals surface area contributed by atoms with E-state index in [9.17, 15) is 76.0 Å². The number of amides is 2. The molecule has 70 heavy (non-hydrogen) atoms. The number of aliphatic hydroxyl groups is 5. The van der Waals surface area contributed by atoms with E-state index in [0.29, 0.717) is 0 Å². The standard InChI is InChI=1S/C31H48N2O34S3/c1-4-5-49-28-12(32-8(2)36)17(14(38)10(6-34)50-28)52-31-25(60-70-67-64-48)22(58-68-65-62-46)21(23(56-31)27(43)44)55-29-13(33-9(3)37)18(15(39)11(7-35)51-29)53-30-24(59-69-66-63-47)19(57-61-45)16(40)20(54-30)26(41)42/h4,10-25,28-31,34-35,38-40,45-48H,1,5-7H2,2-3H3,(H,32,36)(H,33,37)(H,41,42)(H,43,44)/p-6/t10?,11?,12?,13?,14-,15-,16-,17+,18+,19-,20?,21-,22-,23?,24?,25?,28+,29-,30+,31+/m0/s1. The Bertz CT molecular complexity index is 1640. The summed E-state index contributed by atoms with van der Waals surface area (Å²) in [5.74, 6) is -6.20. The number of aliphatic carboxylic acids is 2. The Balaban J connectivity index is 1.83. The highest BCUT2D eigenvalue weighted by Crippen LogP contribution is 2.39. The lowest BCUT2D eigenvalue weighted by molar-refractivity contribution is -0.808. The Morgan fingerprint density at radius 2 is 1.00 bits per heavy atom. The number of carbonyl (C=O) groups excluding carboxylic acids is 4. The maximum Gasteiger partial charge on any atom is 0.217 e. The molecule has 4 aliphatic heterocycles. The maximum absolute atomic E-state index is 13.1. The lowest BCUT2D eigenvalue weighted by Crippen LogP contribution is -2.71. The largest absolute Gasteiger partial charge is 0.692 e. The van der Waals surface area contributed by atoms with E-state index in [2.05, 4.69) is 55.3 Å². The summed E-state index contributed by atoms with van der Waals surface area (Å²) in [6, 6.07) is -3.60. The average molecular weight is 1080 g/mol. The molecule has 0 aromatic heterocycles. The van der Waals surface area contributed by atoms with Crippen LogP contribution in [0.15, 0.2) is 12.7 Å². The summed E-state index contributed by atoms with van der Waals surface area (Å²) in [5, 5.41) is 140. The molecule has 2 amide bonds. The summed E-state index contributed by atoms with van der Waals surface area (Å²) in [7, 11) is 0. The van der Waals surface area contributed by atoms with Crippen molar-refractivity contribution in [1.82, 2.24) is 10.6 Å². The first-order chi connectivity index (χ1) is 33.5. The molecule has 0 aromatic carbocycles. The molecule has 39 heteroatoms. The third-order valence-corrected chi connectivity index (χ3v) is 11.2. The van der Waals surface area contributed by atoms with Crippen molar-refractivity contribution in [1.29, 1.82) is 0 Å². The van der Waals surface area contributed by atoms with Crippen LogP contribution in [0.25, 0.3) is 0 Å². The minimum absolute atomic E-state index is 0.247. The molecule has 4 aliphatic rings. The Kier molecular flexibility index (Phi) is 25.8. The van der Waals surface area contributed by atoms with Crippen molar-refractivity contribution in [3.63, 3.8) is 0 Å². The normalized spacial score (nSPS) is 37.9. The van der Waals surface area contributed by atoms with Crippen molar-refractivity contribution in [2.24, 2.45) is 0 Å². The van der Waals surface area contributed by atoms with Gasteiger partial charge in [0.15, 0.2) is 80.4 Å². The van der Waals surface area contributed by atoms with Gasteiger partial charge in [0.2, 0.25) is 11.8 Å². The number of hydrogen-bond donors (Lipinski definition) is 7. The Morgan fingerprint density at radius 3 is 1.43 bits per heavy atom. The van der Waals surface area contributed by atoms with E-state index in [4.69, 9.17) is 50.4 Å². The number of ether oxygens (including phenoxy) is 8. The predicted octanol–water partition coefficient (Wildman–Crippen LogP) is -12.1. The quantitative estimate of drug-likeness (QED) is 0.0120. The van der Waals surface area contributed by atoms with Crippen LogP contribution in [-0.2, 0) is 108 Å². The molecule has 0 spiro atoms. The van der Waals surface area contributed by atoms with Crippen molar-refractivity contribution >= 4 is 60.7 Å². The molecule has 4 fully saturated rings. The van der Waals surface area contributed by atoms with Crippen LogP contribution in [0.3, 0.4) is 0 Å². The molecule has 404 valence electrons. The number of carbonyl (C=O) groups is 4. The van der Waals surface area contributed by atoms with E-state index in [1.54, 1.807) is 0 Å². The van der Waals surface area contributed by atoms with Gasteiger partial charge < -0.3 is 115 Å². The van der Waals surface area contributed by atoms with Gasteiger partial charge >= 0.3 is 0 Å². The molecular weight excluding hydrogens is 1040 g/mol. The minimum Gasteiger partial charge on any atom is -0.692 e. The van der Waals surface area contributed by atoms with Gasteiger partial charge in [-0.1, -0.05) is 6.08 Å². The molecule has 7 N–H and O–H groups in total. The van der Waals surface area contributed by atoms with Gasteiger partial charge in [0.1, 0.15) is 79.2 Å². The van der Waals surface area contributed by atoms with Crippen molar-refractivity contribution in [3.8, 4) is 0 Å². The molecule has 0 bridgehead atoms. The number of hydrogen-bond acceptors (Lipinski definition) is 37. The Labute approximate surface area is 404 Å². The van der Waals surface area contributed by atoms with Gasteiger partial charge in [0.05, 0.1) is 31.8 Å². The van der Waals surface area contributed by atoms with Gasteiger partial charge in [-0.2, -0.15) is 0 Å². The fraction of sp³-hybridized carbons (Fsp3) is 0.806.